The van der Waals surface area contributed by atoms with Crippen molar-refractivity contribution in [2.24, 2.45) is 0 Å². The molecule has 1 aromatic carbocycles. The number of hydrogen-bond acceptors (Lipinski definition) is 2. The Labute approximate surface area is 102 Å². The van der Waals surface area contributed by atoms with Gasteiger partial charge in [-0.1, -0.05) is 46.3 Å². The number of benzene rings is 1. The predicted molar refractivity (Wildman–Crippen MR) is 65.9 cm³/mol. The molecule has 0 saturated carbocycles. The molecule has 0 unspecified atom stereocenters. The summed E-state index contributed by atoms with van der Waals surface area (Å²) in [5, 5.41) is 4.49. The normalized spacial score (nSPS) is 10.3. The molecule has 0 spiro atoms. The Morgan fingerprint density at radius 2 is 2.06 bits per heavy atom. The highest BCUT2D eigenvalue weighted by molar-refractivity contribution is 9.09. The third kappa shape index (κ3) is 2.58. The summed E-state index contributed by atoms with van der Waals surface area (Å²) >= 11 is 3.14. The topological polar surface area (TPSA) is 34.9 Å². The molecule has 0 bridgehead atoms. The fraction of sp³-hybridized carbons (Fsp3) is 0.167. The molecule has 0 amide bonds. The first-order chi connectivity index (χ1) is 7.79. The van der Waals surface area contributed by atoms with Crippen molar-refractivity contribution in [2.45, 2.75) is 6.54 Å². The second kappa shape index (κ2) is 5.07. The van der Waals surface area contributed by atoms with Gasteiger partial charge in [0.15, 0.2) is 5.78 Å². The molecule has 4 heteroatoms. The number of aromatic nitrogens is 2. The standard InChI is InChI=1S/C12H11BrN2O/c13-6-12(16)11-7-14-15(9-11)8-10-4-2-1-3-5-10/h1-5,7,9H,6,8H2. The zero-order valence-corrected chi connectivity index (χ0v) is 10.2. The highest BCUT2D eigenvalue weighted by Gasteiger charge is 2.06. The third-order valence-corrected chi connectivity index (χ3v) is 2.77. The SMILES string of the molecule is O=C(CBr)c1cnn(Cc2ccccc2)c1. The summed E-state index contributed by atoms with van der Waals surface area (Å²) in [4.78, 5) is 11.4. The fourth-order valence-electron chi connectivity index (χ4n) is 1.44. The number of Topliss-reactive ketones (excluding diaryl/α,β-unsaturated/α-hetero) is 1. The van der Waals surface area contributed by atoms with Crippen LogP contribution in [0.4, 0.5) is 0 Å². The van der Waals surface area contributed by atoms with E-state index in [9.17, 15) is 4.79 Å². The molecule has 0 aliphatic carbocycles. The first-order valence-electron chi connectivity index (χ1n) is 4.95. The molecule has 0 saturated heterocycles. The van der Waals surface area contributed by atoms with Crippen molar-refractivity contribution in [1.29, 1.82) is 0 Å². The minimum Gasteiger partial charge on any atom is -0.293 e. The second-order valence-corrected chi connectivity index (χ2v) is 4.03. The van der Waals surface area contributed by atoms with Gasteiger partial charge in [0, 0.05) is 6.20 Å². The average molecular weight is 279 g/mol. The molecule has 0 N–H and O–H groups in total. The van der Waals surface area contributed by atoms with E-state index in [-0.39, 0.29) is 5.78 Å². The summed E-state index contributed by atoms with van der Waals surface area (Å²) in [7, 11) is 0. The lowest BCUT2D eigenvalue weighted by molar-refractivity contribution is 0.102. The smallest absolute Gasteiger partial charge is 0.176 e. The van der Waals surface area contributed by atoms with Crippen LogP contribution >= 0.6 is 15.9 Å². The van der Waals surface area contributed by atoms with Gasteiger partial charge in [0.25, 0.3) is 0 Å². The van der Waals surface area contributed by atoms with Crippen LogP contribution in [-0.2, 0) is 6.54 Å². The molecule has 0 fully saturated rings. The van der Waals surface area contributed by atoms with Crippen LogP contribution in [0.2, 0.25) is 0 Å². The minimum atomic E-state index is 0.0549. The Kier molecular flexibility index (Phi) is 3.51. The molecule has 2 rings (SSSR count). The number of carbonyl (C=O) groups excluding carboxylic acids is 1. The molecule has 1 heterocycles. The van der Waals surface area contributed by atoms with Crippen LogP contribution in [-0.4, -0.2) is 20.9 Å². The van der Waals surface area contributed by atoms with Gasteiger partial charge in [-0.25, -0.2) is 0 Å². The van der Waals surface area contributed by atoms with Crippen molar-refractivity contribution < 1.29 is 4.79 Å². The van der Waals surface area contributed by atoms with E-state index in [1.807, 2.05) is 30.3 Å². The fourth-order valence-corrected chi connectivity index (χ4v) is 1.77. The van der Waals surface area contributed by atoms with Crippen LogP contribution < -0.4 is 0 Å². The van der Waals surface area contributed by atoms with Gasteiger partial charge >= 0.3 is 0 Å². The Morgan fingerprint density at radius 3 is 2.75 bits per heavy atom. The van der Waals surface area contributed by atoms with Gasteiger partial charge in [-0.15, -0.1) is 0 Å². The van der Waals surface area contributed by atoms with E-state index in [0.29, 0.717) is 17.4 Å². The van der Waals surface area contributed by atoms with Crippen LogP contribution in [0.5, 0.6) is 0 Å². The maximum atomic E-state index is 11.4. The number of halogens is 1. The second-order valence-electron chi connectivity index (χ2n) is 3.47. The zero-order valence-electron chi connectivity index (χ0n) is 8.64. The van der Waals surface area contributed by atoms with Gasteiger partial charge in [0.2, 0.25) is 0 Å². The first kappa shape index (κ1) is 11.1. The minimum absolute atomic E-state index is 0.0549. The van der Waals surface area contributed by atoms with E-state index in [2.05, 4.69) is 21.0 Å². The van der Waals surface area contributed by atoms with Gasteiger partial charge in [0.05, 0.1) is 23.6 Å². The zero-order chi connectivity index (χ0) is 11.4. The van der Waals surface area contributed by atoms with Crippen LogP contribution in [0.3, 0.4) is 0 Å². The quantitative estimate of drug-likeness (QED) is 0.636. The molecule has 16 heavy (non-hydrogen) atoms. The van der Waals surface area contributed by atoms with Gasteiger partial charge in [-0.05, 0) is 5.56 Å². The van der Waals surface area contributed by atoms with Gasteiger partial charge in [-0.3, -0.25) is 9.48 Å². The summed E-state index contributed by atoms with van der Waals surface area (Å²) in [5.41, 5.74) is 1.82. The molecule has 3 nitrogen and oxygen atoms in total. The molecule has 0 radical (unpaired) electrons. The third-order valence-electron chi connectivity index (χ3n) is 2.26. The van der Waals surface area contributed by atoms with Crippen LogP contribution in [0.1, 0.15) is 15.9 Å². The molecule has 0 aliphatic heterocycles. The van der Waals surface area contributed by atoms with E-state index in [4.69, 9.17) is 0 Å². The highest BCUT2D eigenvalue weighted by atomic mass is 79.9. The molecule has 0 atom stereocenters. The van der Waals surface area contributed by atoms with E-state index in [1.165, 1.54) is 5.56 Å². The summed E-state index contributed by atoms with van der Waals surface area (Å²) in [6.07, 6.45) is 3.38. The van der Waals surface area contributed by atoms with E-state index < -0.39 is 0 Å². The van der Waals surface area contributed by atoms with Gasteiger partial charge in [0.1, 0.15) is 0 Å². The maximum absolute atomic E-state index is 11.4. The Balaban J connectivity index is 2.12. The molecule has 2 aromatic rings. The van der Waals surface area contributed by atoms with Gasteiger partial charge < -0.3 is 0 Å². The summed E-state index contributed by atoms with van der Waals surface area (Å²) in [6, 6.07) is 10.0. The summed E-state index contributed by atoms with van der Waals surface area (Å²) in [6.45, 7) is 0.691. The first-order valence-corrected chi connectivity index (χ1v) is 6.07. The van der Waals surface area contributed by atoms with Crippen LogP contribution in [0.15, 0.2) is 42.7 Å². The number of rotatable bonds is 4. The predicted octanol–water partition coefficient (Wildman–Crippen LogP) is 2.51. The summed E-state index contributed by atoms with van der Waals surface area (Å²) in [5.74, 6) is 0.0549. The molecule has 0 aliphatic rings. The van der Waals surface area contributed by atoms with Crippen molar-refractivity contribution >= 4 is 21.7 Å². The molecular formula is C12H11BrN2O. The van der Waals surface area contributed by atoms with Crippen molar-refractivity contribution in [3.63, 3.8) is 0 Å². The lowest BCUT2D eigenvalue weighted by atomic mass is 10.2. The van der Waals surface area contributed by atoms with Crippen LogP contribution in [0.25, 0.3) is 0 Å². The average Bonchev–Trinajstić information content (AvgIpc) is 2.78. The van der Waals surface area contributed by atoms with Crippen molar-refractivity contribution in [1.82, 2.24) is 9.78 Å². The largest absolute Gasteiger partial charge is 0.293 e. The molecule has 1 aromatic heterocycles. The number of hydrogen-bond donors (Lipinski definition) is 0. The lowest BCUT2D eigenvalue weighted by Gasteiger charge is -2.00. The van der Waals surface area contributed by atoms with Gasteiger partial charge in [-0.2, -0.15) is 5.10 Å². The van der Waals surface area contributed by atoms with Crippen LogP contribution in [0, 0.1) is 0 Å². The van der Waals surface area contributed by atoms with Crippen molar-refractivity contribution in [3.05, 3.63) is 53.9 Å². The Morgan fingerprint density at radius 1 is 1.31 bits per heavy atom. The Bertz CT molecular complexity index is 479. The maximum Gasteiger partial charge on any atom is 0.176 e. The van der Waals surface area contributed by atoms with E-state index in [0.717, 1.165) is 0 Å². The van der Waals surface area contributed by atoms with Crippen molar-refractivity contribution in [3.8, 4) is 0 Å². The molecular weight excluding hydrogens is 268 g/mol. The lowest BCUT2D eigenvalue weighted by Crippen LogP contribution is -2.01. The Hall–Kier alpha value is -1.42. The monoisotopic (exact) mass is 278 g/mol. The van der Waals surface area contributed by atoms with Crippen molar-refractivity contribution in [2.75, 3.05) is 5.33 Å². The van der Waals surface area contributed by atoms with E-state index in [1.54, 1.807) is 17.1 Å². The number of ketones is 1. The number of alkyl halides is 1. The highest BCUT2D eigenvalue weighted by Crippen LogP contribution is 2.05. The number of nitrogens with zero attached hydrogens (tertiary/aromatic N) is 2. The van der Waals surface area contributed by atoms with E-state index >= 15 is 0 Å². The summed E-state index contributed by atoms with van der Waals surface area (Å²) < 4.78 is 1.77. The number of carbonyl (C=O) groups is 1. The molecule has 82 valence electrons.